The van der Waals surface area contributed by atoms with Crippen LogP contribution in [0.3, 0.4) is 0 Å². The summed E-state index contributed by atoms with van der Waals surface area (Å²) in [6, 6.07) is 10.2. The van der Waals surface area contributed by atoms with Crippen molar-refractivity contribution in [3.05, 3.63) is 52.8 Å². The molecule has 1 aliphatic rings. The molecule has 2 aromatic rings. The van der Waals surface area contributed by atoms with Crippen molar-refractivity contribution in [3.63, 3.8) is 0 Å². The van der Waals surface area contributed by atoms with E-state index in [9.17, 15) is 9.00 Å². The van der Waals surface area contributed by atoms with E-state index in [0.29, 0.717) is 12.1 Å². The fraction of sp³-hybridized carbons (Fsp3) is 0.450. The number of likely N-dealkylation sites (N-methyl/N-ethyl adjacent to an activating group) is 1. The molecule has 0 saturated heterocycles. The maximum atomic E-state index is 12.5. The van der Waals surface area contributed by atoms with Gasteiger partial charge in [-0.2, -0.15) is 0 Å². The first-order valence-electron chi connectivity index (χ1n) is 9.45. The Balaban J connectivity index is 1.72. The minimum absolute atomic E-state index is 0.162. The standard InChI is InChI=1S/C20H26ClN3O3S/c1-3-10-20(17-8-9-18(21)24(17)14-13-23(20)2)11-12-22-19(25)15-4-6-16(7-5-15)28(26)27/h4-9H,3,10-14H2,1-2H3,(H,22,25)(H,26,27). The van der Waals surface area contributed by atoms with Gasteiger partial charge in [0.15, 0.2) is 11.1 Å². The molecule has 0 aliphatic carbocycles. The SMILES string of the molecule is CCCC1(CCNC(=O)c2ccc(S(=O)O)cc2)c2ccc(Cl)n2CCN1C. The molecule has 28 heavy (non-hydrogen) atoms. The Bertz CT molecular complexity index is 868. The van der Waals surface area contributed by atoms with E-state index < -0.39 is 11.1 Å². The second-order valence-electron chi connectivity index (χ2n) is 7.18. The molecule has 6 nitrogen and oxygen atoms in total. The van der Waals surface area contributed by atoms with Crippen LogP contribution in [0.15, 0.2) is 41.3 Å². The molecule has 1 aliphatic heterocycles. The van der Waals surface area contributed by atoms with Gasteiger partial charge in [-0.3, -0.25) is 9.69 Å². The number of nitrogens with one attached hydrogen (secondary N) is 1. The van der Waals surface area contributed by atoms with Gasteiger partial charge in [-0.15, -0.1) is 0 Å². The minimum atomic E-state index is -2.04. The number of rotatable bonds is 7. The summed E-state index contributed by atoms with van der Waals surface area (Å²) in [4.78, 5) is 15.1. The van der Waals surface area contributed by atoms with E-state index in [1.807, 2.05) is 6.07 Å². The predicted molar refractivity (Wildman–Crippen MR) is 111 cm³/mol. The molecular weight excluding hydrogens is 398 g/mol. The Hall–Kier alpha value is -1.67. The molecule has 1 aromatic carbocycles. The Labute approximate surface area is 173 Å². The molecule has 2 unspecified atom stereocenters. The molecule has 2 heterocycles. The average molecular weight is 424 g/mol. The number of fused-ring (bicyclic) bond motifs is 1. The van der Waals surface area contributed by atoms with Crippen LogP contribution in [0.5, 0.6) is 0 Å². The number of carbonyl (C=O) groups excluding carboxylic acids is 1. The predicted octanol–water partition coefficient (Wildman–Crippen LogP) is 3.48. The molecule has 152 valence electrons. The number of nitrogens with zero attached hydrogens (tertiary/aromatic N) is 2. The number of amides is 1. The highest BCUT2D eigenvalue weighted by atomic mass is 35.5. The molecule has 3 rings (SSSR count). The van der Waals surface area contributed by atoms with E-state index in [0.717, 1.165) is 37.5 Å². The summed E-state index contributed by atoms with van der Waals surface area (Å²) < 4.78 is 22.3. The van der Waals surface area contributed by atoms with E-state index in [2.05, 4.69) is 34.8 Å². The average Bonchev–Trinajstić information content (AvgIpc) is 3.06. The van der Waals surface area contributed by atoms with Gasteiger partial charge in [-0.25, -0.2) is 4.21 Å². The Morgan fingerprint density at radius 3 is 2.57 bits per heavy atom. The molecule has 0 saturated carbocycles. The first-order valence-corrected chi connectivity index (χ1v) is 10.9. The van der Waals surface area contributed by atoms with Crippen molar-refractivity contribution in [2.24, 2.45) is 0 Å². The summed E-state index contributed by atoms with van der Waals surface area (Å²) in [6.07, 6.45) is 2.79. The van der Waals surface area contributed by atoms with Crippen molar-refractivity contribution < 1.29 is 13.6 Å². The van der Waals surface area contributed by atoms with E-state index in [1.54, 1.807) is 12.1 Å². The molecule has 1 aromatic heterocycles. The Morgan fingerprint density at radius 2 is 1.93 bits per heavy atom. The number of benzene rings is 1. The molecule has 1 amide bonds. The van der Waals surface area contributed by atoms with E-state index in [-0.39, 0.29) is 16.3 Å². The van der Waals surface area contributed by atoms with Crippen molar-refractivity contribution in [3.8, 4) is 0 Å². The van der Waals surface area contributed by atoms with Crippen LogP contribution in [0.4, 0.5) is 0 Å². The first-order chi connectivity index (χ1) is 13.4. The summed E-state index contributed by atoms with van der Waals surface area (Å²) in [5.41, 5.74) is 1.52. The summed E-state index contributed by atoms with van der Waals surface area (Å²) in [7, 11) is 2.13. The third-order valence-corrected chi connectivity index (χ3v) is 6.61. The van der Waals surface area contributed by atoms with Crippen LogP contribution >= 0.6 is 11.6 Å². The summed E-state index contributed by atoms with van der Waals surface area (Å²) in [6.45, 7) is 4.48. The number of carbonyl (C=O) groups is 1. The zero-order valence-electron chi connectivity index (χ0n) is 16.2. The van der Waals surface area contributed by atoms with Crippen molar-refractivity contribution in [2.75, 3.05) is 20.1 Å². The molecule has 2 atom stereocenters. The van der Waals surface area contributed by atoms with Crippen LogP contribution in [0.2, 0.25) is 5.15 Å². The summed E-state index contributed by atoms with van der Waals surface area (Å²) in [5.74, 6) is -0.186. The Morgan fingerprint density at radius 1 is 1.21 bits per heavy atom. The van der Waals surface area contributed by atoms with Crippen LogP contribution < -0.4 is 5.32 Å². The smallest absolute Gasteiger partial charge is 0.251 e. The molecule has 0 radical (unpaired) electrons. The van der Waals surface area contributed by atoms with Crippen LogP contribution in [0.25, 0.3) is 0 Å². The second-order valence-corrected chi connectivity index (χ2v) is 8.53. The van der Waals surface area contributed by atoms with Crippen LogP contribution in [0, 0.1) is 0 Å². The normalized spacial score (nSPS) is 20.6. The molecule has 2 N–H and O–H groups in total. The molecule has 0 fully saturated rings. The third-order valence-electron chi connectivity index (χ3n) is 5.60. The maximum Gasteiger partial charge on any atom is 0.251 e. The van der Waals surface area contributed by atoms with Gasteiger partial charge >= 0.3 is 0 Å². The minimum Gasteiger partial charge on any atom is -0.352 e. The quantitative estimate of drug-likeness (QED) is 0.668. The van der Waals surface area contributed by atoms with E-state index in [1.165, 1.54) is 17.8 Å². The van der Waals surface area contributed by atoms with Gasteiger partial charge in [0.05, 0.1) is 10.4 Å². The van der Waals surface area contributed by atoms with Gasteiger partial charge < -0.3 is 14.4 Å². The fourth-order valence-electron chi connectivity index (χ4n) is 4.12. The number of hydrogen-bond acceptors (Lipinski definition) is 3. The lowest BCUT2D eigenvalue weighted by Gasteiger charge is -2.46. The zero-order chi connectivity index (χ0) is 20.3. The van der Waals surface area contributed by atoms with Gasteiger partial charge in [0.1, 0.15) is 5.15 Å². The molecule has 8 heteroatoms. The van der Waals surface area contributed by atoms with E-state index >= 15 is 0 Å². The highest BCUT2D eigenvalue weighted by Gasteiger charge is 2.40. The van der Waals surface area contributed by atoms with Crippen molar-refractivity contribution in [1.82, 2.24) is 14.8 Å². The van der Waals surface area contributed by atoms with Crippen molar-refractivity contribution in [2.45, 2.75) is 43.2 Å². The molecular formula is C20H26ClN3O3S. The van der Waals surface area contributed by atoms with Crippen molar-refractivity contribution in [1.29, 1.82) is 0 Å². The largest absolute Gasteiger partial charge is 0.352 e. The van der Waals surface area contributed by atoms with Crippen LogP contribution in [-0.4, -0.2) is 44.3 Å². The van der Waals surface area contributed by atoms with Gasteiger partial charge in [0.2, 0.25) is 0 Å². The van der Waals surface area contributed by atoms with Crippen LogP contribution in [0.1, 0.15) is 42.2 Å². The van der Waals surface area contributed by atoms with Gasteiger partial charge in [0, 0.05) is 30.9 Å². The zero-order valence-corrected chi connectivity index (χ0v) is 17.7. The fourth-order valence-corrected chi connectivity index (χ4v) is 4.73. The van der Waals surface area contributed by atoms with Crippen molar-refractivity contribution >= 4 is 28.6 Å². The highest BCUT2D eigenvalue weighted by Crippen LogP contribution is 2.40. The van der Waals surface area contributed by atoms with Crippen LogP contribution in [-0.2, 0) is 23.2 Å². The molecule has 0 spiro atoms. The topological polar surface area (TPSA) is 74.6 Å². The lowest BCUT2D eigenvalue weighted by Crippen LogP contribution is -2.51. The van der Waals surface area contributed by atoms with Gasteiger partial charge in [0.25, 0.3) is 5.91 Å². The maximum absolute atomic E-state index is 12.5. The van der Waals surface area contributed by atoms with Gasteiger partial charge in [-0.1, -0.05) is 24.9 Å². The highest BCUT2D eigenvalue weighted by molar-refractivity contribution is 7.79. The lowest BCUT2D eigenvalue weighted by molar-refractivity contribution is 0.0594. The van der Waals surface area contributed by atoms with E-state index in [4.69, 9.17) is 16.2 Å². The summed E-state index contributed by atoms with van der Waals surface area (Å²) in [5, 5.41) is 3.75. The second kappa shape index (κ2) is 8.78. The monoisotopic (exact) mass is 423 g/mol. The third kappa shape index (κ3) is 4.03. The Kier molecular flexibility index (Phi) is 6.60. The summed E-state index contributed by atoms with van der Waals surface area (Å²) >= 11 is 4.33. The number of aromatic nitrogens is 1. The lowest BCUT2D eigenvalue weighted by atomic mass is 9.83. The number of halogens is 1. The first kappa shape index (κ1) is 21.0. The molecule has 0 bridgehead atoms. The van der Waals surface area contributed by atoms with Gasteiger partial charge in [-0.05, 0) is 56.3 Å². The number of hydrogen-bond donors (Lipinski definition) is 2.